The Morgan fingerprint density at radius 1 is 1.38 bits per heavy atom. The number of fused-ring (bicyclic) bond motifs is 1. The Morgan fingerprint density at radius 3 is 2.81 bits per heavy atom. The fraction of sp³-hybridized carbons (Fsp3) is 0.385. The number of rotatable bonds is 2. The summed E-state index contributed by atoms with van der Waals surface area (Å²) >= 11 is 1.73. The van der Waals surface area contributed by atoms with Crippen LogP contribution in [0.25, 0.3) is 0 Å². The van der Waals surface area contributed by atoms with Crippen LogP contribution in [0, 0.1) is 15.2 Å². The van der Waals surface area contributed by atoms with Crippen LogP contribution in [0.15, 0.2) is 17.7 Å². The second kappa shape index (κ2) is 4.82. The SMILES string of the molecule is CCCC1=CCc2c(cc(F)c(I)c2F)C1. The standard InChI is InChI=1S/C13H13F2I/c1-2-3-8-4-5-10-9(6-8)7-11(14)13(16)12(10)15/h4,7H,2-3,5-6H2,1H3. The van der Waals surface area contributed by atoms with Crippen LogP contribution in [-0.2, 0) is 12.8 Å². The highest BCUT2D eigenvalue weighted by atomic mass is 127. The molecule has 0 nitrogen and oxygen atoms in total. The van der Waals surface area contributed by atoms with Crippen LogP contribution >= 0.6 is 22.6 Å². The van der Waals surface area contributed by atoms with Gasteiger partial charge < -0.3 is 0 Å². The quantitative estimate of drug-likeness (QED) is 0.427. The van der Waals surface area contributed by atoms with Crippen LogP contribution in [0.3, 0.4) is 0 Å². The Morgan fingerprint density at radius 2 is 2.12 bits per heavy atom. The second-order valence-corrected chi connectivity index (χ2v) is 5.20. The molecule has 1 aliphatic rings. The third-order valence-corrected chi connectivity index (χ3v) is 3.93. The van der Waals surface area contributed by atoms with Crippen molar-refractivity contribution in [2.24, 2.45) is 0 Å². The van der Waals surface area contributed by atoms with Gasteiger partial charge in [0.25, 0.3) is 0 Å². The first-order chi connectivity index (χ1) is 7.63. The van der Waals surface area contributed by atoms with Gasteiger partial charge in [-0.25, -0.2) is 8.78 Å². The molecule has 0 aliphatic heterocycles. The van der Waals surface area contributed by atoms with Crippen molar-refractivity contribution >= 4 is 22.6 Å². The monoisotopic (exact) mass is 334 g/mol. The molecule has 1 aromatic carbocycles. The molecule has 0 amide bonds. The Kier molecular flexibility index (Phi) is 3.62. The Labute approximate surface area is 108 Å². The molecule has 0 radical (unpaired) electrons. The lowest BCUT2D eigenvalue weighted by Gasteiger charge is -2.18. The molecular weight excluding hydrogens is 321 g/mol. The predicted octanol–water partition coefficient (Wildman–Crippen LogP) is 4.39. The maximum Gasteiger partial charge on any atom is 0.143 e. The zero-order valence-corrected chi connectivity index (χ0v) is 11.3. The number of hydrogen-bond donors (Lipinski definition) is 0. The molecule has 0 unspecified atom stereocenters. The minimum absolute atomic E-state index is 0.115. The highest BCUT2D eigenvalue weighted by Crippen LogP contribution is 2.29. The van der Waals surface area contributed by atoms with Gasteiger partial charge in [0.05, 0.1) is 3.57 Å². The topological polar surface area (TPSA) is 0 Å². The average Bonchev–Trinajstić information content (AvgIpc) is 2.26. The van der Waals surface area contributed by atoms with Crippen LogP contribution in [0.5, 0.6) is 0 Å². The van der Waals surface area contributed by atoms with E-state index in [4.69, 9.17) is 0 Å². The van der Waals surface area contributed by atoms with E-state index in [0.29, 0.717) is 18.4 Å². The van der Waals surface area contributed by atoms with Gasteiger partial charge in [-0.1, -0.05) is 25.0 Å². The van der Waals surface area contributed by atoms with Gasteiger partial charge in [0.2, 0.25) is 0 Å². The van der Waals surface area contributed by atoms with Crippen molar-refractivity contribution in [2.75, 3.05) is 0 Å². The smallest absolute Gasteiger partial charge is 0.143 e. The van der Waals surface area contributed by atoms with Crippen molar-refractivity contribution in [3.8, 4) is 0 Å². The van der Waals surface area contributed by atoms with Crippen molar-refractivity contribution in [2.45, 2.75) is 32.6 Å². The minimum Gasteiger partial charge on any atom is -0.206 e. The van der Waals surface area contributed by atoms with Crippen molar-refractivity contribution in [1.82, 2.24) is 0 Å². The maximum absolute atomic E-state index is 13.8. The first-order valence-corrected chi connectivity index (χ1v) is 6.54. The molecule has 1 aliphatic carbocycles. The third-order valence-electron chi connectivity index (χ3n) is 2.94. The average molecular weight is 334 g/mol. The summed E-state index contributed by atoms with van der Waals surface area (Å²) in [4.78, 5) is 0. The summed E-state index contributed by atoms with van der Waals surface area (Å²) in [6.07, 6.45) is 5.49. The van der Waals surface area contributed by atoms with Gasteiger partial charge in [0.1, 0.15) is 11.6 Å². The molecule has 0 spiro atoms. The van der Waals surface area contributed by atoms with Crippen molar-refractivity contribution in [1.29, 1.82) is 0 Å². The molecule has 0 saturated heterocycles. The van der Waals surface area contributed by atoms with Gasteiger partial charge in [-0.05, 0) is 59.0 Å². The number of hydrogen-bond acceptors (Lipinski definition) is 0. The molecule has 3 heteroatoms. The summed E-state index contributed by atoms with van der Waals surface area (Å²) in [5, 5.41) is 0. The molecule has 86 valence electrons. The first kappa shape index (κ1) is 12.0. The Balaban J connectivity index is 2.38. The van der Waals surface area contributed by atoms with E-state index < -0.39 is 5.82 Å². The lowest BCUT2D eigenvalue weighted by Crippen LogP contribution is -2.08. The molecule has 0 N–H and O–H groups in total. The first-order valence-electron chi connectivity index (χ1n) is 5.46. The number of benzene rings is 1. The Bertz CT molecular complexity index is 450. The predicted molar refractivity (Wildman–Crippen MR) is 69.5 cm³/mol. The van der Waals surface area contributed by atoms with Crippen molar-refractivity contribution < 1.29 is 8.78 Å². The molecule has 0 fully saturated rings. The molecule has 0 bridgehead atoms. The van der Waals surface area contributed by atoms with E-state index >= 15 is 0 Å². The van der Waals surface area contributed by atoms with E-state index in [-0.39, 0.29) is 9.39 Å². The molecule has 16 heavy (non-hydrogen) atoms. The fourth-order valence-corrected chi connectivity index (χ4v) is 2.62. The lowest BCUT2D eigenvalue weighted by atomic mass is 9.89. The fourth-order valence-electron chi connectivity index (χ4n) is 2.13. The van der Waals surface area contributed by atoms with Gasteiger partial charge in [0, 0.05) is 0 Å². The van der Waals surface area contributed by atoms with E-state index in [1.54, 1.807) is 22.6 Å². The van der Waals surface area contributed by atoms with Gasteiger partial charge in [-0.15, -0.1) is 0 Å². The largest absolute Gasteiger partial charge is 0.206 e. The van der Waals surface area contributed by atoms with E-state index in [0.717, 1.165) is 18.4 Å². The number of halogens is 3. The van der Waals surface area contributed by atoms with E-state index in [9.17, 15) is 8.78 Å². The second-order valence-electron chi connectivity index (χ2n) is 4.12. The van der Waals surface area contributed by atoms with Crippen molar-refractivity contribution in [3.63, 3.8) is 0 Å². The summed E-state index contributed by atoms with van der Waals surface area (Å²) in [5.41, 5.74) is 2.79. The van der Waals surface area contributed by atoms with E-state index in [2.05, 4.69) is 13.0 Å². The zero-order chi connectivity index (χ0) is 11.7. The van der Waals surface area contributed by atoms with Crippen LogP contribution in [0.2, 0.25) is 0 Å². The summed E-state index contributed by atoms with van der Waals surface area (Å²) in [7, 11) is 0. The summed E-state index contributed by atoms with van der Waals surface area (Å²) in [6.45, 7) is 2.12. The summed E-state index contributed by atoms with van der Waals surface area (Å²) in [5.74, 6) is -0.808. The van der Waals surface area contributed by atoms with Crippen LogP contribution < -0.4 is 0 Å². The van der Waals surface area contributed by atoms with Gasteiger partial charge in [-0.3, -0.25) is 0 Å². The highest BCUT2D eigenvalue weighted by Gasteiger charge is 2.19. The third kappa shape index (κ3) is 2.14. The normalized spacial score (nSPS) is 14.6. The Hall–Kier alpha value is -0.450. The number of allylic oxidation sites excluding steroid dienone is 2. The van der Waals surface area contributed by atoms with Crippen LogP contribution in [-0.4, -0.2) is 0 Å². The molecule has 0 heterocycles. The van der Waals surface area contributed by atoms with Gasteiger partial charge in [-0.2, -0.15) is 0 Å². The minimum atomic E-state index is -0.436. The molecular formula is C13H13F2I. The summed E-state index contributed by atoms with van der Waals surface area (Å²) in [6, 6.07) is 1.49. The van der Waals surface area contributed by atoms with Gasteiger partial charge >= 0.3 is 0 Å². The summed E-state index contributed by atoms with van der Waals surface area (Å²) < 4.78 is 27.3. The maximum atomic E-state index is 13.8. The lowest BCUT2D eigenvalue weighted by molar-refractivity contribution is 0.556. The van der Waals surface area contributed by atoms with Crippen LogP contribution in [0.1, 0.15) is 30.9 Å². The highest BCUT2D eigenvalue weighted by molar-refractivity contribution is 14.1. The molecule has 0 saturated carbocycles. The molecule has 0 atom stereocenters. The molecule has 0 aromatic heterocycles. The van der Waals surface area contributed by atoms with E-state index in [1.165, 1.54) is 11.6 Å². The van der Waals surface area contributed by atoms with Crippen molar-refractivity contribution in [3.05, 3.63) is 44.0 Å². The van der Waals surface area contributed by atoms with E-state index in [1.807, 2.05) is 0 Å². The molecule has 1 aromatic rings. The zero-order valence-electron chi connectivity index (χ0n) is 9.12. The molecule has 2 rings (SSSR count). The van der Waals surface area contributed by atoms with Crippen LogP contribution in [0.4, 0.5) is 8.78 Å². The van der Waals surface area contributed by atoms with Gasteiger partial charge in [0.15, 0.2) is 0 Å².